The number of hydrogen-bond donors (Lipinski definition) is 0. The molecule has 4 aromatic heterocycles. The molecule has 0 atom stereocenters. The maximum absolute atomic E-state index is 6.30. The summed E-state index contributed by atoms with van der Waals surface area (Å²) in [5, 5.41) is 4.81. The molecule has 0 fully saturated rings. The van der Waals surface area contributed by atoms with Crippen LogP contribution >= 0.6 is 11.3 Å². The van der Waals surface area contributed by atoms with Crippen LogP contribution in [-0.2, 0) is 21.7 Å². The monoisotopic (exact) mass is 1230 g/mol. The number of rotatable bonds is 6. The van der Waals surface area contributed by atoms with E-state index in [0.717, 1.165) is 89.0 Å². The molecule has 0 unspecified atom stereocenters. The molecule has 0 spiro atoms. The summed E-state index contributed by atoms with van der Waals surface area (Å²) in [5.74, 6) is 0. The Balaban J connectivity index is 0.000000143. The Bertz CT molecular complexity index is 5400. The molecule has 0 saturated heterocycles. The van der Waals surface area contributed by atoms with Crippen LogP contribution < -0.4 is 0 Å². The third-order valence-corrected chi connectivity index (χ3v) is 22.8. The number of furan rings is 1. The van der Waals surface area contributed by atoms with E-state index in [0.29, 0.717) is 0 Å². The fourth-order valence-corrected chi connectivity index (χ4v) is 16.5. The molecule has 12 aromatic carbocycles. The highest BCUT2D eigenvalue weighted by Gasteiger charge is 2.49. The molecule has 16 aromatic rings. The SMILES string of the molecule is CC1(C)c2ccc(-c3nc4ccccc4nc3-c3ccc4c(c3)oc3ccccc34)cc2-c2cccc(-c3ccccc3)c2C1(C)C.CC1(C)c2ccc(-c3nc4ccccc4nc3-c3ccc4c(c3)sc3ccccc34)cc2-c2cccc(-c3ccccc3)c2C1(C)C. The third-order valence-electron chi connectivity index (χ3n) is 21.6. The molecule has 5 nitrogen and oxygen atoms in total. The molecule has 0 radical (unpaired) electrons. The summed E-state index contributed by atoms with van der Waals surface area (Å²) in [6.07, 6.45) is 0. The fourth-order valence-electron chi connectivity index (χ4n) is 15.4. The molecule has 94 heavy (non-hydrogen) atoms. The van der Waals surface area contributed by atoms with Crippen molar-refractivity contribution < 1.29 is 4.42 Å². The lowest BCUT2D eigenvalue weighted by Gasteiger charge is -2.49. The topological polar surface area (TPSA) is 64.7 Å². The third kappa shape index (κ3) is 8.87. The van der Waals surface area contributed by atoms with Crippen molar-refractivity contribution in [1.29, 1.82) is 0 Å². The maximum atomic E-state index is 6.30. The zero-order valence-corrected chi connectivity index (χ0v) is 54.8. The highest BCUT2D eigenvalue weighted by molar-refractivity contribution is 7.25. The van der Waals surface area contributed by atoms with Gasteiger partial charge in [-0.05, 0) is 144 Å². The molecule has 0 amide bonds. The van der Waals surface area contributed by atoms with Crippen molar-refractivity contribution in [2.24, 2.45) is 0 Å². The molecule has 0 aliphatic heterocycles. The highest BCUT2D eigenvalue weighted by Crippen LogP contribution is 2.59. The first-order valence-corrected chi connectivity index (χ1v) is 33.5. The summed E-state index contributed by atoms with van der Waals surface area (Å²) in [4.78, 5) is 21.1. The predicted molar refractivity (Wildman–Crippen MR) is 395 cm³/mol. The molecular weight excluding hydrogens is 1160 g/mol. The number of hydrogen-bond acceptors (Lipinski definition) is 6. The Hall–Kier alpha value is -10.7. The minimum Gasteiger partial charge on any atom is -0.456 e. The van der Waals surface area contributed by atoms with Gasteiger partial charge in [-0.15, -0.1) is 11.3 Å². The number of benzene rings is 12. The maximum Gasteiger partial charge on any atom is 0.136 e. The van der Waals surface area contributed by atoms with Gasteiger partial charge in [0, 0.05) is 64.0 Å². The first-order valence-electron chi connectivity index (χ1n) is 32.7. The average molecular weight is 1230 g/mol. The van der Waals surface area contributed by atoms with E-state index in [4.69, 9.17) is 24.4 Å². The van der Waals surface area contributed by atoms with Gasteiger partial charge in [0.2, 0.25) is 0 Å². The van der Waals surface area contributed by atoms with Gasteiger partial charge in [-0.25, -0.2) is 19.9 Å². The highest BCUT2D eigenvalue weighted by atomic mass is 32.1. The van der Waals surface area contributed by atoms with Gasteiger partial charge in [-0.2, -0.15) is 0 Å². The zero-order chi connectivity index (χ0) is 63.8. The fraction of sp³-hybridized carbons (Fsp3) is 0.136. The van der Waals surface area contributed by atoms with Crippen LogP contribution in [0.1, 0.15) is 77.6 Å². The molecule has 6 heteroatoms. The summed E-state index contributed by atoms with van der Waals surface area (Å²) in [6, 6.07) is 95.5. The van der Waals surface area contributed by atoms with E-state index in [-0.39, 0.29) is 21.7 Å². The van der Waals surface area contributed by atoms with Crippen molar-refractivity contribution in [2.75, 3.05) is 0 Å². The quantitative estimate of drug-likeness (QED) is 0.166. The van der Waals surface area contributed by atoms with Crippen LogP contribution in [0.2, 0.25) is 0 Å². The summed E-state index contributed by atoms with van der Waals surface area (Å²) >= 11 is 1.84. The Morgan fingerprint density at radius 2 is 0.628 bits per heavy atom. The molecule has 2 aliphatic rings. The zero-order valence-electron chi connectivity index (χ0n) is 54.0. The van der Waals surface area contributed by atoms with Crippen LogP contribution in [0.4, 0.5) is 0 Å². The second-order valence-corrected chi connectivity index (χ2v) is 28.7. The lowest BCUT2D eigenvalue weighted by atomic mass is 9.54. The smallest absolute Gasteiger partial charge is 0.136 e. The van der Waals surface area contributed by atoms with E-state index in [9.17, 15) is 0 Å². The van der Waals surface area contributed by atoms with Gasteiger partial charge in [0.05, 0.1) is 44.8 Å². The Kier molecular flexibility index (Phi) is 13.1. The van der Waals surface area contributed by atoms with Crippen LogP contribution in [0.3, 0.4) is 0 Å². The number of aromatic nitrogens is 4. The number of nitrogens with zero attached hydrogens (tertiary/aromatic N) is 4. The van der Waals surface area contributed by atoms with E-state index in [1.54, 1.807) is 0 Å². The molecule has 0 bridgehead atoms. The van der Waals surface area contributed by atoms with E-state index >= 15 is 0 Å². The number of fused-ring (bicyclic) bond motifs is 14. The second-order valence-electron chi connectivity index (χ2n) is 27.6. The van der Waals surface area contributed by atoms with Crippen molar-refractivity contribution in [2.45, 2.75) is 77.0 Å². The lowest BCUT2D eigenvalue weighted by Crippen LogP contribution is -2.44. The molecule has 2 aliphatic carbocycles. The Labute approximate surface area is 552 Å². The standard InChI is InChI=1S/C44H34N2O.C44H34N2S/c2*1-43(2)35-24-22-28(25-34(35)33-17-12-16-30(40(33)44(43,3)4)27-13-6-5-7-14-27)41-42(46-37-19-10-9-18-36(37)45-41)29-21-23-32-31-15-8-11-20-38(31)47-39(32)26-29/h2*5-26H,1-4H3. The van der Waals surface area contributed by atoms with Gasteiger partial charge in [-0.3, -0.25) is 0 Å². The summed E-state index contributed by atoms with van der Waals surface area (Å²) in [5.41, 5.74) is 28.3. The van der Waals surface area contributed by atoms with Crippen LogP contribution in [0.25, 0.3) is 154 Å². The van der Waals surface area contributed by atoms with Crippen molar-refractivity contribution in [3.8, 4) is 89.5 Å². The van der Waals surface area contributed by atoms with E-state index in [1.165, 1.54) is 86.9 Å². The molecular formula is C88H68N4OS. The van der Waals surface area contributed by atoms with Gasteiger partial charge in [0.1, 0.15) is 11.2 Å². The predicted octanol–water partition coefficient (Wildman–Crippen LogP) is 24.0. The summed E-state index contributed by atoms with van der Waals surface area (Å²) in [7, 11) is 0. The van der Waals surface area contributed by atoms with Crippen molar-refractivity contribution in [1.82, 2.24) is 19.9 Å². The van der Waals surface area contributed by atoms with Crippen LogP contribution in [0.15, 0.2) is 271 Å². The van der Waals surface area contributed by atoms with Crippen LogP contribution in [-0.4, -0.2) is 19.9 Å². The average Bonchev–Trinajstić information content (AvgIpc) is 0.855. The summed E-state index contributed by atoms with van der Waals surface area (Å²) in [6.45, 7) is 19.2. The first kappa shape index (κ1) is 57.3. The van der Waals surface area contributed by atoms with E-state index in [2.05, 4.69) is 274 Å². The van der Waals surface area contributed by atoms with Crippen LogP contribution in [0, 0.1) is 0 Å². The number of para-hydroxylation sites is 5. The van der Waals surface area contributed by atoms with Crippen molar-refractivity contribution >= 4 is 75.5 Å². The van der Waals surface area contributed by atoms with Gasteiger partial charge < -0.3 is 4.42 Å². The van der Waals surface area contributed by atoms with Crippen LogP contribution in [0.5, 0.6) is 0 Å². The van der Waals surface area contributed by atoms with Gasteiger partial charge in [0.15, 0.2) is 0 Å². The van der Waals surface area contributed by atoms with Gasteiger partial charge in [0.25, 0.3) is 0 Å². The molecule has 18 rings (SSSR count). The second kappa shape index (κ2) is 21.5. The minimum atomic E-state index is -0.122. The largest absolute Gasteiger partial charge is 0.456 e. The minimum absolute atomic E-state index is 0.100. The molecule has 4 heterocycles. The molecule has 0 N–H and O–H groups in total. The van der Waals surface area contributed by atoms with E-state index in [1.807, 2.05) is 59.9 Å². The Morgan fingerprint density at radius 3 is 1.13 bits per heavy atom. The molecule has 452 valence electrons. The number of thiophene rings is 1. The Morgan fingerprint density at radius 1 is 0.255 bits per heavy atom. The first-order chi connectivity index (χ1) is 45.6. The normalized spacial score (nSPS) is 14.7. The van der Waals surface area contributed by atoms with Crippen molar-refractivity contribution in [3.05, 3.63) is 289 Å². The van der Waals surface area contributed by atoms with E-state index < -0.39 is 0 Å². The van der Waals surface area contributed by atoms with Gasteiger partial charge in [-0.1, -0.05) is 256 Å². The van der Waals surface area contributed by atoms with Crippen molar-refractivity contribution in [3.63, 3.8) is 0 Å². The summed E-state index contributed by atoms with van der Waals surface area (Å²) < 4.78 is 8.87. The molecule has 0 saturated carbocycles. The van der Waals surface area contributed by atoms with Gasteiger partial charge >= 0.3 is 0 Å². The lowest BCUT2D eigenvalue weighted by molar-refractivity contribution is 0.300.